The van der Waals surface area contributed by atoms with E-state index < -0.39 is 6.04 Å². The molecule has 1 saturated heterocycles. The van der Waals surface area contributed by atoms with E-state index in [2.05, 4.69) is 14.8 Å². The first-order valence-corrected chi connectivity index (χ1v) is 9.46. The maximum atomic E-state index is 13.8. The van der Waals surface area contributed by atoms with Gasteiger partial charge in [-0.3, -0.25) is 14.8 Å². The summed E-state index contributed by atoms with van der Waals surface area (Å²) >= 11 is 12.3. The molecule has 3 rings (SSSR count). The number of carbonyl (C=O) groups is 1. The molecule has 0 saturated carbocycles. The number of hydrogen-bond donors (Lipinski definition) is 1. The summed E-state index contributed by atoms with van der Waals surface area (Å²) in [6.45, 7) is 3.37. The van der Waals surface area contributed by atoms with E-state index in [0.717, 1.165) is 24.9 Å². The Morgan fingerprint density at radius 3 is 2.59 bits per heavy atom. The van der Waals surface area contributed by atoms with Crippen molar-refractivity contribution in [2.45, 2.75) is 18.6 Å². The predicted octanol–water partition coefficient (Wildman–Crippen LogP) is 2.91. The molecule has 0 bridgehead atoms. The SMILES string of the molecule is NC(C=O)C(c1ccc(Cl)cc1Cl)N1CCN(Cc2ccncc2F)CC1. The molecule has 0 spiro atoms. The lowest BCUT2D eigenvalue weighted by Crippen LogP contribution is -2.51. The van der Waals surface area contributed by atoms with Crippen LogP contribution in [-0.2, 0) is 11.3 Å². The van der Waals surface area contributed by atoms with Crippen molar-refractivity contribution in [1.82, 2.24) is 14.8 Å². The maximum Gasteiger partial charge on any atom is 0.145 e. The standard InChI is InChI=1S/C19H21Cl2FN4O/c20-14-1-2-15(16(21)9-14)19(18(23)12-27)26-7-5-25(6-8-26)11-13-3-4-24-10-17(13)22/h1-4,9-10,12,18-19H,5-8,11,23H2. The smallest absolute Gasteiger partial charge is 0.145 e. The van der Waals surface area contributed by atoms with E-state index in [4.69, 9.17) is 28.9 Å². The number of halogens is 3. The van der Waals surface area contributed by atoms with Crippen LogP contribution in [0, 0.1) is 5.82 Å². The highest BCUT2D eigenvalue weighted by Crippen LogP contribution is 2.32. The zero-order chi connectivity index (χ0) is 19.4. The van der Waals surface area contributed by atoms with Crippen molar-refractivity contribution >= 4 is 29.5 Å². The van der Waals surface area contributed by atoms with Crippen LogP contribution in [0.25, 0.3) is 0 Å². The fourth-order valence-corrected chi connectivity index (χ4v) is 3.96. The van der Waals surface area contributed by atoms with Crippen LogP contribution < -0.4 is 5.73 Å². The van der Waals surface area contributed by atoms with Gasteiger partial charge in [-0.2, -0.15) is 0 Å². The molecule has 2 aromatic rings. The Kier molecular flexibility index (Phi) is 6.78. The Bertz CT molecular complexity index is 799. The minimum Gasteiger partial charge on any atom is -0.320 e. The minimum atomic E-state index is -0.701. The van der Waals surface area contributed by atoms with Crippen molar-refractivity contribution in [1.29, 1.82) is 0 Å². The van der Waals surface area contributed by atoms with E-state index in [1.807, 2.05) is 6.07 Å². The Morgan fingerprint density at radius 1 is 1.22 bits per heavy atom. The Hall–Kier alpha value is -1.57. The van der Waals surface area contributed by atoms with E-state index in [9.17, 15) is 9.18 Å². The lowest BCUT2D eigenvalue weighted by atomic mass is 9.98. The molecule has 8 heteroatoms. The van der Waals surface area contributed by atoms with Crippen molar-refractivity contribution in [3.8, 4) is 0 Å². The summed E-state index contributed by atoms with van der Waals surface area (Å²) in [4.78, 5) is 19.5. The third-order valence-electron chi connectivity index (χ3n) is 4.85. The number of rotatable bonds is 6. The van der Waals surface area contributed by atoms with Crippen molar-refractivity contribution in [2.75, 3.05) is 26.2 Å². The summed E-state index contributed by atoms with van der Waals surface area (Å²) in [6, 6.07) is 5.89. The average Bonchev–Trinajstić information content (AvgIpc) is 2.66. The third-order valence-corrected chi connectivity index (χ3v) is 5.42. The highest BCUT2D eigenvalue weighted by atomic mass is 35.5. The van der Waals surface area contributed by atoms with Gasteiger partial charge in [0.1, 0.15) is 12.1 Å². The number of pyridine rings is 1. The van der Waals surface area contributed by atoms with Gasteiger partial charge in [-0.05, 0) is 23.8 Å². The number of nitrogens with zero attached hydrogens (tertiary/aromatic N) is 3. The number of aromatic nitrogens is 1. The second kappa shape index (κ2) is 9.08. The molecule has 0 radical (unpaired) electrons. The number of aldehydes is 1. The van der Waals surface area contributed by atoms with Crippen molar-refractivity contribution < 1.29 is 9.18 Å². The van der Waals surface area contributed by atoms with Crippen molar-refractivity contribution in [3.05, 3.63) is 63.6 Å². The molecular formula is C19H21Cl2FN4O. The van der Waals surface area contributed by atoms with Gasteiger partial charge < -0.3 is 10.5 Å². The van der Waals surface area contributed by atoms with E-state index in [0.29, 0.717) is 35.2 Å². The van der Waals surface area contributed by atoms with Gasteiger partial charge in [0.25, 0.3) is 0 Å². The summed E-state index contributed by atoms with van der Waals surface area (Å²) in [5, 5.41) is 1.03. The molecule has 144 valence electrons. The topological polar surface area (TPSA) is 62.5 Å². The van der Waals surface area contributed by atoms with Gasteiger partial charge in [0.05, 0.1) is 18.3 Å². The number of carbonyl (C=O) groups excluding carboxylic acids is 1. The first kappa shape index (κ1) is 20.2. The summed E-state index contributed by atoms with van der Waals surface area (Å²) < 4.78 is 13.8. The van der Waals surface area contributed by atoms with Gasteiger partial charge in [-0.15, -0.1) is 0 Å². The van der Waals surface area contributed by atoms with Crippen molar-refractivity contribution in [3.63, 3.8) is 0 Å². The second-order valence-electron chi connectivity index (χ2n) is 6.60. The molecule has 0 aliphatic carbocycles. The monoisotopic (exact) mass is 410 g/mol. The van der Waals surface area contributed by atoms with E-state index in [1.165, 1.54) is 6.20 Å². The molecule has 2 atom stereocenters. The zero-order valence-electron chi connectivity index (χ0n) is 14.7. The molecule has 2 N–H and O–H groups in total. The number of nitrogens with two attached hydrogens (primary N) is 1. The molecule has 1 fully saturated rings. The molecule has 1 aromatic carbocycles. The van der Waals surface area contributed by atoms with Crippen LogP contribution >= 0.6 is 23.2 Å². The summed E-state index contributed by atoms with van der Waals surface area (Å²) in [7, 11) is 0. The Morgan fingerprint density at radius 2 is 1.96 bits per heavy atom. The van der Waals surface area contributed by atoms with Gasteiger partial charge in [-0.1, -0.05) is 29.3 Å². The highest BCUT2D eigenvalue weighted by molar-refractivity contribution is 6.35. The number of piperazine rings is 1. The van der Waals surface area contributed by atoms with E-state index in [1.54, 1.807) is 24.4 Å². The van der Waals surface area contributed by atoms with Gasteiger partial charge in [-0.25, -0.2) is 4.39 Å². The fraction of sp³-hybridized carbons (Fsp3) is 0.368. The van der Waals surface area contributed by atoms with Gasteiger partial charge >= 0.3 is 0 Å². The van der Waals surface area contributed by atoms with Crippen LogP contribution in [0.3, 0.4) is 0 Å². The van der Waals surface area contributed by atoms with Crippen LogP contribution in [0.15, 0.2) is 36.7 Å². The normalized spacial score (nSPS) is 18.2. The lowest BCUT2D eigenvalue weighted by Gasteiger charge is -2.41. The zero-order valence-corrected chi connectivity index (χ0v) is 16.2. The maximum absolute atomic E-state index is 13.8. The highest BCUT2D eigenvalue weighted by Gasteiger charge is 2.31. The van der Waals surface area contributed by atoms with Crippen LogP contribution in [0.4, 0.5) is 4.39 Å². The van der Waals surface area contributed by atoms with Crippen molar-refractivity contribution in [2.24, 2.45) is 5.73 Å². The first-order valence-electron chi connectivity index (χ1n) is 8.70. The lowest BCUT2D eigenvalue weighted by molar-refractivity contribution is -0.110. The van der Waals surface area contributed by atoms with Gasteiger partial charge in [0.2, 0.25) is 0 Å². The van der Waals surface area contributed by atoms with Crippen LogP contribution in [0.5, 0.6) is 0 Å². The van der Waals surface area contributed by atoms with Crippen LogP contribution in [0.2, 0.25) is 10.0 Å². The molecule has 2 unspecified atom stereocenters. The fourth-order valence-electron chi connectivity index (χ4n) is 3.44. The molecule has 1 aromatic heterocycles. The average molecular weight is 411 g/mol. The van der Waals surface area contributed by atoms with Crippen LogP contribution in [-0.4, -0.2) is 53.3 Å². The van der Waals surface area contributed by atoms with Gasteiger partial charge in [0, 0.05) is 54.5 Å². The molecule has 2 heterocycles. The quantitative estimate of drug-likeness (QED) is 0.741. The molecule has 5 nitrogen and oxygen atoms in total. The minimum absolute atomic E-state index is 0.297. The summed E-state index contributed by atoms with van der Waals surface area (Å²) in [5.74, 6) is -0.297. The predicted molar refractivity (Wildman–Crippen MR) is 104 cm³/mol. The number of hydrogen-bond acceptors (Lipinski definition) is 5. The molecule has 0 amide bonds. The summed E-state index contributed by atoms with van der Waals surface area (Å²) in [5.41, 5.74) is 7.51. The first-order chi connectivity index (χ1) is 13.0. The Labute approximate surface area is 167 Å². The Balaban J connectivity index is 1.71. The largest absolute Gasteiger partial charge is 0.320 e. The number of benzene rings is 1. The van der Waals surface area contributed by atoms with E-state index >= 15 is 0 Å². The summed E-state index contributed by atoms with van der Waals surface area (Å²) in [6.07, 6.45) is 3.57. The molecule has 27 heavy (non-hydrogen) atoms. The van der Waals surface area contributed by atoms with Gasteiger partial charge in [0.15, 0.2) is 0 Å². The molecule has 1 aliphatic rings. The van der Waals surface area contributed by atoms with Crippen LogP contribution in [0.1, 0.15) is 17.2 Å². The van der Waals surface area contributed by atoms with E-state index in [-0.39, 0.29) is 11.9 Å². The molecule has 1 aliphatic heterocycles. The second-order valence-corrected chi connectivity index (χ2v) is 7.45. The molecular weight excluding hydrogens is 390 g/mol. The third kappa shape index (κ3) is 4.83.